The lowest BCUT2D eigenvalue weighted by molar-refractivity contribution is 0.558. The van der Waals surface area contributed by atoms with E-state index in [0.717, 1.165) is 72.6 Å². The molecule has 4 heteroatoms. The van der Waals surface area contributed by atoms with Gasteiger partial charge in [0.05, 0.1) is 27.1 Å². The summed E-state index contributed by atoms with van der Waals surface area (Å²) >= 11 is 1.77. The minimum atomic E-state index is -0.504. The van der Waals surface area contributed by atoms with Crippen LogP contribution in [0.5, 0.6) is 0 Å². The van der Waals surface area contributed by atoms with Gasteiger partial charge in [0.2, 0.25) is 0 Å². The molecule has 0 aliphatic carbocycles. The molecule has 0 saturated carbocycles. The molecular formula is C55H55N3S. The lowest BCUT2D eigenvalue weighted by atomic mass is 9.76. The topological polar surface area (TPSA) is 29.0 Å². The Balaban J connectivity index is 1.56. The summed E-state index contributed by atoms with van der Waals surface area (Å²) in [5.74, 6) is 0.721. The van der Waals surface area contributed by atoms with E-state index < -0.39 is 5.54 Å². The Morgan fingerprint density at radius 2 is 1.14 bits per heavy atom. The number of fused-ring (bicyclic) bond motifs is 3. The molecule has 6 aromatic carbocycles. The first kappa shape index (κ1) is 40.0. The molecule has 0 atom stereocenters. The maximum Gasteiger partial charge on any atom is 0.160 e. The maximum atomic E-state index is 5.48. The second-order valence-corrected chi connectivity index (χ2v) is 19.3. The molecule has 0 bridgehead atoms. The number of hydrogen-bond donors (Lipinski definition) is 0. The highest BCUT2D eigenvalue weighted by molar-refractivity contribution is 7.26. The molecule has 2 heterocycles. The van der Waals surface area contributed by atoms with E-state index in [1.807, 2.05) is 6.07 Å². The normalized spacial score (nSPS) is 12.3. The molecule has 8 rings (SSSR count). The van der Waals surface area contributed by atoms with Crippen molar-refractivity contribution in [2.24, 2.45) is 0 Å². The fraction of sp³-hybridized carbons (Fsp3) is 0.236. The monoisotopic (exact) mass is 789 g/mol. The lowest BCUT2D eigenvalue weighted by Gasteiger charge is -2.45. The van der Waals surface area contributed by atoms with Crippen LogP contribution in [0.15, 0.2) is 152 Å². The van der Waals surface area contributed by atoms with Gasteiger partial charge < -0.3 is 4.90 Å². The molecule has 0 saturated heterocycles. The summed E-state index contributed by atoms with van der Waals surface area (Å²) in [5.41, 5.74) is 14.2. The molecule has 0 N–H and O–H groups in total. The fourth-order valence-electron chi connectivity index (χ4n) is 8.20. The van der Waals surface area contributed by atoms with E-state index in [0.29, 0.717) is 0 Å². The summed E-state index contributed by atoms with van der Waals surface area (Å²) in [5, 5.41) is 1.15. The molecule has 2 aromatic heterocycles. The van der Waals surface area contributed by atoms with Gasteiger partial charge in [-0.25, -0.2) is 9.97 Å². The van der Waals surface area contributed by atoms with Crippen LogP contribution >= 0.6 is 11.3 Å². The molecule has 0 fully saturated rings. The molecule has 0 aliphatic heterocycles. The minimum absolute atomic E-state index is 0.0125. The quantitative estimate of drug-likeness (QED) is 0.136. The molecule has 59 heavy (non-hydrogen) atoms. The summed E-state index contributed by atoms with van der Waals surface area (Å²) in [7, 11) is 0. The first-order chi connectivity index (χ1) is 28.2. The summed E-state index contributed by atoms with van der Waals surface area (Å²) in [6.45, 7) is 25.4. The number of hydrogen-bond acceptors (Lipinski definition) is 4. The van der Waals surface area contributed by atoms with Crippen molar-refractivity contribution in [2.45, 2.75) is 85.1 Å². The van der Waals surface area contributed by atoms with Gasteiger partial charge in [0.25, 0.3) is 0 Å². The number of benzene rings is 6. The Morgan fingerprint density at radius 3 is 1.66 bits per heavy atom. The molecule has 0 amide bonds. The number of nitrogens with zero attached hydrogens (tertiary/aromatic N) is 3. The average Bonchev–Trinajstić information content (AvgIpc) is 3.62. The van der Waals surface area contributed by atoms with E-state index in [9.17, 15) is 0 Å². The second kappa shape index (κ2) is 15.4. The average molecular weight is 790 g/mol. The Bertz CT molecular complexity index is 2740. The maximum absolute atomic E-state index is 5.48. The first-order valence-electron chi connectivity index (χ1n) is 20.8. The molecule has 8 aromatic rings. The third kappa shape index (κ3) is 7.51. The fourth-order valence-corrected chi connectivity index (χ4v) is 9.36. The van der Waals surface area contributed by atoms with Gasteiger partial charge in [-0.3, -0.25) is 0 Å². The van der Waals surface area contributed by atoms with Crippen molar-refractivity contribution < 1.29 is 0 Å². The number of anilines is 2. The number of thiophene rings is 1. The SMILES string of the molecule is C=CC(C)(C)N(c1c(-c2ccccc2)cc(-c2nc(-c3ccccc3)nc3c2sc2ccccc23)cc1-c1ccccc1)c1c(CC)cc(C(C)(C)C)cc1C(C)(C)C. The molecule has 0 unspecified atom stereocenters. The standard InChI is InChI=1S/C55H55N3S/c1-11-36-32-41(53(3,4)5)35-45(54(6,7)8)49(36)58(55(9,10)12-2)50-43(37-24-16-13-17-25-37)33-40(34-44(50)38-26-18-14-19-27-38)47-51-48(42-30-22-23-31-46(42)59-51)57-52(56-47)39-28-20-15-21-29-39/h12-35H,2,11H2,1,3-10H3. The van der Waals surface area contributed by atoms with Gasteiger partial charge in [-0.05, 0) is 77.1 Å². The van der Waals surface area contributed by atoms with Crippen LogP contribution in [-0.2, 0) is 17.3 Å². The van der Waals surface area contributed by atoms with E-state index in [-0.39, 0.29) is 10.8 Å². The zero-order valence-electron chi connectivity index (χ0n) is 36.0. The van der Waals surface area contributed by atoms with Crippen LogP contribution in [0.3, 0.4) is 0 Å². The molecular weight excluding hydrogens is 735 g/mol. The van der Waals surface area contributed by atoms with Crippen LogP contribution in [0, 0.1) is 0 Å². The van der Waals surface area contributed by atoms with Crippen molar-refractivity contribution >= 4 is 43.0 Å². The first-order valence-corrected chi connectivity index (χ1v) is 21.7. The van der Waals surface area contributed by atoms with Gasteiger partial charge >= 0.3 is 0 Å². The molecule has 0 aliphatic rings. The zero-order chi connectivity index (χ0) is 41.7. The van der Waals surface area contributed by atoms with Crippen molar-refractivity contribution in [3.05, 3.63) is 169 Å². The van der Waals surface area contributed by atoms with Gasteiger partial charge in [-0.2, -0.15) is 0 Å². The Kier molecular flexibility index (Phi) is 10.4. The van der Waals surface area contributed by atoms with Gasteiger partial charge in [0, 0.05) is 38.0 Å². The predicted molar refractivity (Wildman–Crippen MR) is 256 cm³/mol. The minimum Gasteiger partial charge on any atom is -0.331 e. The summed E-state index contributed by atoms with van der Waals surface area (Å²) in [4.78, 5) is 13.4. The largest absolute Gasteiger partial charge is 0.331 e. The van der Waals surface area contributed by atoms with Crippen molar-refractivity contribution in [3.63, 3.8) is 0 Å². The van der Waals surface area contributed by atoms with Crippen LogP contribution in [0.4, 0.5) is 11.4 Å². The highest BCUT2D eigenvalue weighted by Gasteiger charge is 2.37. The molecule has 0 spiro atoms. The van der Waals surface area contributed by atoms with Gasteiger partial charge in [0.15, 0.2) is 5.82 Å². The summed E-state index contributed by atoms with van der Waals surface area (Å²) < 4.78 is 2.28. The molecule has 3 nitrogen and oxygen atoms in total. The van der Waals surface area contributed by atoms with Crippen molar-refractivity contribution in [1.82, 2.24) is 9.97 Å². The zero-order valence-corrected chi connectivity index (χ0v) is 36.8. The van der Waals surface area contributed by atoms with Crippen molar-refractivity contribution in [1.29, 1.82) is 0 Å². The van der Waals surface area contributed by atoms with Gasteiger partial charge in [0.1, 0.15) is 0 Å². The van der Waals surface area contributed by atoms with Crippen LogP contribution in [0.25, 0.3) is 65.2 Å². The van der Waals surface area contributed by atoms with Gasteiger partial charge in [-0.1, -0.05) is 176 Å². The van der Waals surface area contributed by atoms with E-state index in [4.69, 9.17) is 9.97 Å². The Morgan fingerprint density at radius 1 is 0.593 bits per heavy atom. The van der Waals surface area contributed by atoms with E-state index in [2.05, 4.69) is 213 Å². The third-order valence-electron chi connectivity index (χ3n) is 11.6. The van der Waals surface area contributed by atoms with Crippen LogP contribution in [0.2, 0.25) is 0 Å². The number of aryl methyl sites for hydroxylation is 1. The van der Waals surface area contributed by atoms with E-state index in [1.165, 1.54) is 27.1 Å². The van der Waals surface area contributed by atoms with Gasteiger partial charge in [-0.15, -0.1) is 17.9 Å². The number of aromatic nitrogens is 2. The predicted octanol–water partition coefficient (Wildman–Crippen LogP) is 15.8. The smallest absolute Gasteiger partial charge is 0.160 e. The van der Waals surface area contributed by atoms with Crippen molar-refractivity contribution in [2.75, 3.05) is 4.90 Å². The Hall–Kier alpha value is -5.84. The molecule has 0 radical (unpaired) electrons. The van der Waals surface area contributed by atoms with Crippen LogP contribution in [0.1, 0.15) is 79.0 Å². The number of rotatable bonds is 9. The highest BCUT2D eigenvalue weighted by Crippen LogP contribution is 2.53. The Labute approximate surface area is 355 Å². The lowest BCUT2D eigenvalue weighted by Crippen LogP contribution is -2.41. The third-order valence-corrected chi connectivity index (χ3v) is 12.7. The van der Waals surface area contributed by atoms with Crippen molar-refractivity contribution in [3.8, 4) is 44.9 Å². The summed E-state index contributed by atoms with van der Waals surface area (Å²) in [6.07, 6.45) is 3.00. The molecule has 296 valence electrons. The van der Waals surface area contributed by atoms with Crippen LogP contribution in [-0.4, -0.2) is 15.5 Å². The summed E-state index contributed by atoms with van der Waals surface area (Å²) in [6, 6.07) is 50.4. The highest BCUT2D eigenvalue weighted by atomic mass is 32.1. The van der Waals surface area contributed by atoms with E-state index >= 15 is 0 Å². The van der Waals surface area contributed by atoms with E-state index in [1.54, 1.807) is 11.3 Å². The second-order valence-electron chi connectivity index (χ2n) is 18.3. The van der Waals surface area contributed by atoms with Crippen LogP contribution < -0.4 is 4.90 Å².